The number of carbonyl (C=O) groups is 3. The van der Waals surface area contributed by atoms with Crippen molar-refractivity contribution in [1.82, 2.24) is 5.32 Å². The van der Waals surface area contributed by atoms with Gasteiger partial charge in [0.15, 0.2) is 5.78 Å². The van der Waals surface area contributed by atoms with Crippen LogP contribution < -0.4 is 10.2 Å². The summed E-state index contributed by atoms with van der Waals surface area (Å²) in [5, 5.41) is 2.94. The molecule has 1 rings (SSSR count). The quantitative estimate of drug-likeness (QED) is 0.621. The summed E-state index contributed by atoms with van der Waals surface area (Å²) in [5.74, 6) is -0.341. The summed E-state index contributed by atoms with van der Waals surface area (Å²) in [6, 6.07) is 6.37. The van der Waals surface area contributed by atoms with Crippen LogP contribution in [-0.2, 0) is 9.59 Å². The predicted molar refractivity (Wildman–Crippen MR) is 73.1 cm³/mol. The lowest BCUT2D eigenvalue weighted by Gasteiger charge is -2.18. The van der Waals surface area contributed by atoms with E-state index in [0.717, 1.165) is 4.90 Å². The van der Waals surface area contributed by atoms with Gasteiger partial charge in [-0.15, -0.1) is 0 Å². The number of rotatable bonds is 6. The van der Waals surface area contributed by atoms with Gasteiger partial charge in [0.25, 0.3) is 0 Å². The maximum Gasteiger partial charge on any atom is 0.235 e. The lowest BCUT2D eigenvalue weighted by atomic mass is 10.1. The van der Waals surface area contributed by atoms with Crippen molar-refractivity contribution in [2.45, 2.75) is 26.3 Å². The van der Waals surface area contributed by atoms with E-state index < -0.39 is 0 Å². The SMILES string of the molecule is CNC(C)CC(=O)N(C=O)c1ccc(C(C)=O)cc1. The number of hydrogen-bond acceptors (Lipinski definition) is 4. The van der Waals surface area contributed by atoms with Crippen LogP contribution in [0.3, 0.4) is 0 Å². The maximum atomic E-state index is 12.0. The van der Waals surface area contributed by atoms with Crippen LogP contribution in [0.1, 0.15) is 30.6 Å². The first-order valence-corrected chi connectivity index (χ1v) is 6.05. The molecule has 1 aromatic carbocycles. The highest BCUT2D eigenvalue weighted by molar-refractivity contribution is 6.07. The first kappa shape index (κ1) is 15.0. The Morgan fingerprint density at radius 2 is 1.89 bits per heavy atom. The monoisotopic (exact) mass is 262 g/mol. The molecule has 0 bridgehead atoms. The lowest BCUT2D eigenvalue weighted by Crippen LogP contribution is -2.35. The van der Waals surface area contributed by atoms with Crippen LogP contribution in [0, 0.1) is 0 Å². The summed E-state index contributed by atoms with van der Waals surface area (Å²) in [4.78, 5) is 35.2. The molecular weight excluding hydrogens is 244 g/mol. The van der Waals surface area contributed by atoms with Crippen LogP contribution >= 0.6 is 0 Å². The third kappa shape index (κ3) is 3.99. The average Bonchev–Trinajstić information content (AvgIpc) is 2.40. The zero-order chi connectivity index (χ0) is 14.4. The molecule has 5 nitrogen and oxygen atoms in total. The number of amides is 2. The Morgan fingerprint density at radius 3 is 2.32 bits per heavy atom. The zero-order valence-corrected chi connectivity index (χ0v) is 11.3. The van der Waals surface area contributed by atoms with Gasteiger partial charge in [0.1, 0.15) is 0 Å². The fraction of sp³-hybridized carbons (Fsp3) is 0.357. The van der Waals surface area contributed by atoms with E-state index in [4.69, 9.17) is 0 Å². The number of Topliss-reactive ketones (excluding diaryl/α,β-unsaturated/α-hetero) is 1. The second-order valence-electron chi connectivity index (χ2n) is 4.37. The van der Waals surface area contributed by atoms with Crippen molar-refractivity contribution < 1.29 is 14.4 Å². The molecule has 0 saturated heterocycles. The number of benzene rings is 1. The minimum Gasteiger partial charge on any atom is -0.317 e. The van der Waals surface area contributed by atoms with Gasteiger partial charge in [-0.3, -0.25) is 19.3 Å². The highest BCUT2D eigenvalue weighted by Gasteiger charge is 2.17. The number of nitrogens with one attached hydrogen (secondary N) is 1. The van der Waals surface area contributed by atoms with Gasteiger partial charge in [-0.25, -0.2) is 0 Å². The number of anilines is 1. The standard InChI is InChI=1S/C14H18N2O3/c1-10(15-3)8-14(19)16(9-17)13-6-4-12(5-7-13)11(2)18/h4-7,9-10,15H,8H2,1-3H3. The van der Waals surface area contributed by atoms with Crippen LogP contribution in [0.15, 0.2) is 24.3 Å². The molecule has 0 aliphatic rings. The number of carbonyl (C=O) groups excluding carboxylic acids is 3. The summed E-state index contributed by atoms with van der Waals surface area (Å²) >= 11 is 0. The molecule has 0 aliphatic carbocycles. The van der Waals surface area contributed by atoms with Gasteiger partial charge in [-0.2, -0.15) is 0 Å². The smallest absolute Gasteiger partial charge is 0.235 e. The molecule has 1 N–H and O–H groups in total. The molecule has 0 heterocycles. The predicted octanol–water partition coefficient (Wildman–Crippen LogP) is 1.38. The molecule has 5 heteroatoms. The average molecular weight is 262 g/mol. The summed E-state index contributed by atoms with van der Waals surface area (Å²) in [7, 11) is 1.75. The van der Waals surface area contributed by atoms with E-state index in [1.165, 1.54) is 6.92 Å². The van der Waals surface area contributed by atoms with Gasteiger partial charge >= 0.3 is 0 Å². The third-order valence-electron chi connectivity index (χ3n) is 2.90. The zero-order valence-electron chi connectivity index (χ0n) is 11.3. The molecule has 0 radical (unpaired) electrons. The van der Waals surface area contributed by atoms with Crippen LogP contribution in [0.25, 0.3) is 0 Å². The number of nitrogens with zero attached hydrogens (tertiary/aromatic N) is 1. The molecule has 1 aromatic rings. The highest BCUT2D eigenvalue weighted by atomic mass is 16.2. The van der Waals surface area contributed by atoms with Crippen LogP contribution in [0.5, 0.6) is 0 Å². The van der Waals surface area contributed by atoms with Crippen molar-refractivity contribution in [2.24, 2.45) is 0 Å². The van der Waals surface area contributed by atoms with Gasteiger partial charge in [0, 0.05) is 18.0 Å². The molecule has 102 valence electrons. The van der Waals surface area contributed by atoms with E-state index in [-0.39, 0.29) is 24.2 Å². The van der Waals surface area contributed by atoms with E-state index in [2.05, 4.69) is 5.32 Å². The van der Waals surface area contributed by atoms with Crippen molar-refractivity contribution in [1.29, 1.82) is 0 Å². The van der Waals surface area contributed by atoms with Crippen LogP contribution in [-0.4, -0.2) is 31.2 Å². The minimum atomic E-state index is -0.285. The Hall–Kier alpha value is -2.01. The van der Waals surface area contributed by atoms with Crippen LogP contribution in [0.2, 0.25) is 0 Å². The van der Waals surface area contributed by atoms with Gasteiger partial charge in [-0.1, -0.05) is 0 Å². The number of ketones is 1. The third-order valence-corrected chi connectivity index (χ3v) is 2.90. The molecule has 1 unspecified atom stereocenters. The molecule has 0 fully saturated rings. The van der Waals surface area contributed by atoms with Crippen LogP contribution in [0.4, 0.5) is 5.69 Å². The van der Waals surface area contributed by atoms with E-state index in [1.54, 1.807) is 31.3 Å². The largest absolute Gasteiger partial charge is 0.317 e. The van der Waals surface area contributed by atoms with Gasteiger partial charge < -0.3 is 5.32 Å². The van der Waals surface area contributed by atoms with E-state index >= 15 is 0 Å². The molecule has 0 aliphatic heterocycles. The molecular formula is C14H18N2O3. The minimum absolute atomic E-state index is 0.00792. The summed E-state index contributed by atoms with van der Waals surface area (Å²) in [6.07, 6.45) is 0.719. The second kappa shape index (κ2) is 6.80. The van der Waals surface area contributed by atoms with E-state index in [1.807, 2.05) is 6.92 Å². The van der Waals surface area contributed by atoms with E-state index in [9.17, 15) is 14.4 Å². The number of imide groups is 1. The van der Waals surface area contributed by atoms with Gasteiger partial charge in [0.05, 0.1) is 5.69 Å². The van der Waals surface area contributed by atoms with Crippen molar-refractivity contribution in [2.75, 3.05) is 11.9 Å². The normalized spacial score (nSPS) is 11.7. The Morgan fingerprint density at radius 1 is 1.32 bits per heavy atom. The summed E-state index contributed by atoms with van der Waals surface area (Å²) < 4.78 is 0. The van der Waals surface area contributed by atoms with Gasteiger partial charge in [0.2, 0.25) is 12.3 Å². The topological polar surface area (TPSA) is 66.5 Å². The lowest BCUT2D eigenvalue weighted by molar-refractivity contribution is -0.122. The van der Waals surface area contributed by atoms with E-state index in [0.29, 0.717) is 17.7 Å². The van der Waals surface area contributed by atoms with Crippen molar-refractivity contribution >= 4 is 23.8 Å². The maximum absolute atomic E-state index is 12.0. The highest BCUT2D eigenvalue weighted by Crippen LogP contribution is 2.15. The molecule has 19 heavy (non-hydrogen) atoms. The Bertz CT molecular complexity index is 468. The van der Waals surface area contributed by atoms with Gasteiger partial charge in [-0.05, 0) is 45.2 Å². The van der Waals surface area contributed by atoms with Crippen molar-refractivity contribution in [3.05, 3.63) is 29.8 Å². The fourth-order valence-corrected chi connectivity index (χ4v) is 1.58. The molecule has 0 saturated carbocycles. The Labute approximate surface area is 112 Å². The fourth-order valence-electron chi connectivity index (χ4n) is 1.58. The number of hydrogen-bond donors (Lipinski definition) is 1. The molecule has 1 atom stereocenters. The van der Waals surface area contributed by atoms with Crippen molar-refractivity contribution in [3.8, 4) is 0 Å². The Balaban J connectivity index is 2.87. The molecule has 2 amide bonds. The molecule has 0 spiro atoms. The first-order chi connectivity index (χ1) is 8.99. The van der Waals surface area contributed by atoms with Crippen molar-refractivity contribution in [3.63, 3.8) is 0 Å². The second-order valence-corrected chi connectivity index (χ2v) is 4.37. The summed E-state index contributed by atoms with van der Waals surface area (Å²) in [5.41, 5.74) is 1.01. The first-order valence-electron chi connectivity index (χ1n) is 6.05. The summed E-state index contributed by atoms with van der Waals surface area (Å²) in [6.45, 7) is 3.33. The Kier molecular flexibility index (Phi) is 5.38. The molecule has 0 aromatic heterocycles.